The van der Waals surface area contributed by atoms with Gasteiger partial charge in [0.2, 0.25) is 15.9 Å². The molecule has 0 aromatic heterocycles. The molecule has 11 heteroatoms. The molecule has 42 heavy (non-hydrogen) atoms. The van der Waals surface area contributed by atoms with Crippen molar-refractivity contribution in [2.75, 3.05) is 31.9 Å². The number of likely N-dealkylation sites (N-methyl/N-ethyl adjacent to an activating group) is 1. The topological polar surface area (TPSA) is 118 Å². The van der Waals surface area contributed by atoms with Crippen LogP contribution in [-0.2, 0) is 16.4 Å². The number of hydrogen-bond acceptors (Lipinski definition) is 5. The lowest BCUT2D eigenvalue weighted by molar-refractivity contribution is -0.878. The summed E-state index contributed by atoms with van der Waals surface area (Å²) >= 11 is 0. The molecular weight excluding hydrogens is 564 g/mol. The predicted molar refractivity (Wildman–Crippen MR) is 160 cm³/mol. The van der Waals surface area contributed by atoms with Gasteiger partial charge in [-0.25, -0.2) is 22.0 Å². The van der Waals surface area contributed by atoms with Gasteiger partial charge in [-0.05, 0) is 67.6 Å². The summed E-state index contributed by atoms with van der Waals surface area (Å²) in [6.45, 7) is 9.43. The molecule has 0 bridgehead atoms. The molecule has 0 spiro atoms. The second kappa shape index (κ2) is 15.7. The molecule has 2 rings (SSSR count). The van der Waals surface area contributed by atoms with Crippen molar-refractivity contribution in [1.29, 1.82) is 0 Å². The van der Waals surface area contributed by atoms with Gasteiger partial charge in [-0.2, -0.15) is 4.31 Å². The number of halogens is 2. The zero-order valence-corrected chi connectivity index (χ0v) is 26.2. The van der Waals surface area contributed by atoms with Crippen molar-refractivity contribution >= 4 is 21.8 Å². The maximum atomic E-state index is 14.6. The molecule has 0 aliphatic rings. The highest BCUT2D eigenvalue weighted by atomic mass is 32.2. The number of carbonyl (C=O) groups excluding carboxylic acids is 2. The summed E-state index contributed by atoms with van der Waals surface area (Å²) in [4.78, 5) is 26.6. The smallest absolute Gasteiger partial charge is 0.346 e. The molecule has 2 amide bonds. The number of sulfonamides is 1. The Hall–Kier alpha value is -2.73. The molecule has 2 aromatic rings. The Kier molecular flexibility index (Phi) is 13.2. The maximum Gasteiger partial charge on any atom is 0.346 e. The Bertz CT molecular complexity index is 1310. The van der Waals surface area contributed by atoms with Crippen molar-refractivity contribution in [2.24, 2.45) is 5.73 Å². The number of aryl methyl sites for hydroxylation is 1. The number of nitrogens with two attached hydrogens (primary N) is 1. The number of rotatable bonds is 17. The monoisotopic (exact) mass is 610 g/mol. The third-order valence-corrected chi connectivity index (χ3v) is 9.60. The van der Waals surface area contributed by atoms with E-state index in [-0.39, 0.29) is 65.4 Å². The average Bonchev–Trinajstić information content (AvgIpc) is 2.91. The molecule has 234 valence electrons. The van der Waals surface area contributed by atoms with Gasteiger partial charge in [0.05, 0.1) is 24.4 Å². The van der Waals surface area contributed by atoms with E-state index in [1.807, 2.05) is 20.8 Å². The summed E-state index contributed by atoms with van der Waals surface area (Å²) in [6, 6.07) is 6.75. The van der Waals surface area contributed by atoms with Crippen molar-refractivity contribution < 1.29 is 36.4 Å². The molecule has 0 heterocycles. The Morgan fingerprint density at radius 3 is 2.00 bits per heavy atom. The number of nitrogens with zero attached hydrogens (tertiary/aromatic N) is 2. The minimum Gasteiger partial charge on any atom is -0.385 e. The second-order valence-corrected chi connectivity index (χ2v) is 13.1. The number of unbranched alkanes of at least 4 members (excludes halogenated alkanes) is 1. The van der Waals surface area contributed by atoms with Crippen LogP contribution in [0.25, 0.3) is 0 Å². The van der Waals surface area contributed by atoms with Crippen LogP contribution in [0.4, 0.5) is 8.78 Å². The highest BCUT2D eigenvalue weighted by Crippen LogP contribution is 2.29. The molecule has 0 aliphatic carbocycles. The van der Waals surface area contributed by atoms with E-state index < -0.39 is 39.7 Å². The van der Waals surface area contributed by atoms with Crippen molar-refractivity contribution in [3.63, 3.8) is 0 Å². The van der Waals surface area contributed by atoms with Gasteiger partial charge in [-0.15, -0.1) is 0 Å². The van der Waals surface area contributed by atoms with Crippen LogP contribution >= 0.6 is 0 Å². The van der Waals surface area contributed by atoms with Crippen LogP contribution in [0.3, 0.4) is 0 Å². The van der Waals surface area contributed by atoms with E-state index >= 15 is 0 Å². The SMILES string of the molecule is CCCCS(=O)(=O)N(CC)C[C@H](O)[C@H](Cc1cc(F)cc(F)c1)[N+](CCC)(CCC)C(=O)c1cc(C)cc(C(N)=O)c1. The molecule has 0 radical (unpaired) electrons. The number of amides is 2. The zero-order valence-electron chi connectivity index (χ0n) is 25.4. The predicted octanol–water partition coefficient (Wildman–Crippen LogP) is 4.57. The van der Waals surface area contributed by atoms with Crippen LogP contribution in [0.1, 0.15) is 85.2 Å². The summed E-state index contributed by atoms with van der Waals surface area (Å²) < 4.78 is 55.7. The van der Waals surface area contributed by atoms with Gasteiger partial charge in [0.25, 0.3) is 0 Å². The van der Waals surface area contributed by atoms with E-state index in [2.05, 4.69) is 0 Å². The van der Waals surface area contributed by atoms with Gasteiger partial charge in [-0.1, -0.05) is 34.1 Å². The first kappa shape index (κ1) is 35.5. The standard InChI is InChI=1S/C31H45F2N3O5S/c1-6-10-13-42(40,41)35(9-4)21-29(37)28(18-23-16-26(32)20-27(33)17-23)36(11-7-2,12-8-3)31(39)25-15-22(5)14-24(19-25)30(34)38/h14-17,19-20,28-29,37H,6-13,18,21H2,1-5H3,(H-,34,38)/p+1/t28-,29-/m0/s1. The van der Waals surface area contributed by atoms with Gasteiger partial charge in [0.15, 0.2) is 0 Å². The van der Waals surface area contributed by atoms with Crippen molar-refractivity contribution in [1.82, 2.24) is 4.31 Å². The van der Waals surface area contributed by atoms with Crippen molar-refractivity contribution in [3.05, 3.63) is 70.3 Å². The van der Waals surface area contributed by atoms with Crippen LogP contribution in [0.15, 0.2) is 36.4 Å². The molecule has 8 nitrogen and oxygen atoms in total. The van der Waals surface area contributed by atoms with E-state index in [1.54, 1.807) is 26.0 Å². The Morgan fingerprint density at radius 1 is 0.929 bits per heavy atom. The van der Waals surface area contributed by atoms with E-state index in [0.717, 1.165) is 18.2 Å². The summed E-state index contributed by atoms with van der Waals surface area (Å²) in [5, 5.41) is 11.8. The molecule has 0 fully saturated rings. The van der Waals surface area contributed by atoms with Crippen LogP contribution in [0, 0.1) is 18.6 Å². The highest BCUT2D eigenvalue weighted by Gasteiger charge is 2.48. The Morgan fingerprint density at radius 2 is 1.50 bits per heavy atom. The summed E-state index contributed by atoms with van der Waals surface area (Å²) in [7, 11) is -3.70. The number of primary amides is 1. The number of hydrogen-bond donors (Lipinski definition) is 2. The first-order valence-electron chi connectivity index (χ1n) is 14.7. The molecule has 0 saturated heterocycles. The van der Waals surface area contributed by atoms with E-state index in [4.69, 9.17) is 5.73 Å². The number of aliphatic hydroxyl groups is 1. The quantitative estimate of drug-likeness (QED) is 0.255. The molecule has 0 unspecified atom stereocenters. The number of quaternary nitrogens is 1. The molecule has 2 aromatic carbocycles. The molecule has 0 saturated carbocycles. The molecule has 2 atom stereocenters. The molecular formula is C31H46F2N3O5S+. The minimum absolute atomic E-state index is 0.0775. The lowest BCUT2D eigenvalue weighted by Gasteiger charge is -2.45. The van der Waals surface area contributed by atoms with Crippen LogP contribution in [-0.4, -0.2) is 78.2 Å². The van der Waals surface area contributed by atoms with E-state index in [0.29, 0.717) is 31.2 Å². The normalized spacial score (nSPS) is 13.7. The zero-order chi connectivity index (χ0) is 31.7. The molecule has 3 N–H and O–H groups in total. The maximum absolute atomic E-state index is 14.6. The number of benzene rings is 2. The molecule has 0 aliphatic heterocycles. The minimum atomic E-state index is -3.70. The van der Waals surface area contributed by atoms with Gasteiger partial charge >= 0.3 is 5.91 Å². The third-order valence-electron chi connectivity index (χ3n) is 7.60. The second-order valence-electron chi connectivity index (χ2n) is 11.0. The van der Waals surface area contributed by atoms with E-state index in [9.17, 15) is 31.9 Å². The fraction of sp³-hybridized carbons (Fsp3) is 0.548. The Labute approximate surface area is 249 Å². The summed E-state index contributed by atoms with van der Waals surface area (Å²) in [6.07, 6.45) is 0.720. The van der Waals surface area contributed by atoms with Gasteiger partial charge in [0.1, 0.15) is 23.8 Å². The van der Waals surface area contributed by atoms with Gasteiger partial charge in [0, 0.05) is 31.1 Å². The van der Waals surface area contributed by atoms with E-state index in [1.165, 1.54) is 10.4 Å². The van der Waals surface area contributed by atoms with Crippen molar-refractivity contribution in [3.8, 4) is 0 Å². The largest absolute Gasteiger partial charge is 0.385 e. The number of carbonyl (C=O) groups is 2. The first-order valence-corrected chi connectivity index (χ1v) is 16.3. The van der Waals surface area contributed by atoms with Crippen LogP contribution < -0.4 is 5.73 Å². The lowest BCUT2D eigenvalue weighted by Crippen LogP contribution is -2.66. The van der Waals surface area contributed by atoms with Gasteiger partial charge < -0.3 is 10.8 Å². The van der Waals surface area contributed by atoms with Crippen LogP contribution in [0.5, 0.6) is 0 Å². The summed E-state index contributed by atoms with van der Waals surface area (Å²) in [5.74, 6) is -2.75. The fourth-order valence-electron chi connectivity index (χ4n) is 5.74. The van der Waals surface area contributed by atoms with Gasteiger partial charge in [-0.3, -0.25) is 9.28 Å². The first-order chi connectivity index (χ1) is 19.7. The Balaban J connectivity index is 2.77. The number of aliphatic hydroxyl groups excluding tert-OH is 1. The third kappa shape index (κ3) is 8.89. The van der Waals surface area contributed by atoms with Crippen molar-refractivity contribution in [2.45, 2.75) is 78.9 Å². The fourth-order valence-corrected chi connectivity index (χ4v) is 7.42. The lowest BCUT2D eigenvalue weighted by atomic mass is 9.93. The average molecular weight is 611 g/mol. The highest BCUT2D eigenvalue weighted by molar-refractivity contribution is 7.89. The van der Waals surface area contributed by atoms with Crippen LogP contribution in [0.2, 0.25) is 0 Å². The summed E-state index contributed by atoms with van der Waals surface area (Å²) in [5.41, 5.74) is 6.79.